The van der Waals surface area contributed by atoms with E-state index in [1.165, 1.54) is 0 Å². The lowest BCUT2D eigenvalue weighted by atomic mass is 9.97. The van der Waals surface area contributed by atoms with E-state index in [1.54, 1.807) is 17.8 Å². The van der Waals surface area contributed by atoms with E-state index in [-0.39, 0.29) is 24.2 Å². The fourth-order valence-corrected chi connectivity index (χ4v) is 4.19. The number of hydrogen-bond acceptors (Lipinski definition) is 4. The van der Waals surface area contributed by atoms with Gasteiger partial charge in [0.2, 0.25) is 5.91 Å². The van der Waals surface area contributed by atoms with Gasteiger partial charge in [-0.05, 0) is 37.6 Å². The number of rotatable bonds is 7. The summed E-state index contributed by atoms with van der Waals surface area (Å²) in [6, 6.07) is 5.52. The van der Waals surface area contributed by atoms with Gasteiger partial charge in [-0.25, -0.2) is 0 Å². The molecule has 8 heteroatoms. The van der Waals surface area contributed by atoms with Crippen molar-refractivity contribution in [1.82, 2.24) is 10.2 Å². The van der Waals surface area contributed by atoms with Crippen LogP contribution < -0.4 is 11.1 Å². The van der Waals surface area contributed by atoms with Crippen molar-refractivity contribution in [1.29, 1.82) is 0 Å². The Hall–Kier alpha value is -0.170. The molecule has 1 aliphatic heterocycles. The van der Waals surface area contributed by atoms with Crippen LogP contribution in [0.4, 0.5) is 0 Å². The molecule has 1 atom stereocenters. The molecule has 1 aromatic rings. The van der Waals surface area contributed by atoms with Crippen LogP contribution in [-0.2, 0) is 4.79 Å². The Morgan fingerprint density at radius 2 is 2.21 bits per heavy atom. The van der Waals surface area contributed by atoms with Crippen LogP contribution in [0.25, 0.3) is 0 Å². The van der Waals surface area contributed by atoms with E-state index in [4.69, 9.17) is 28.9 Å². The van der Waals surface area contributed by atoms with Crippen molar-refractivity contribution < 1.29 is 4.79 Å². The van der Waals surface area contributed by atoms with Crippen molar-refractivity contribution in [2.24, 2.45) is 11.7 Å². The second-order valence-electron chi connectivity index (χ2n) is 5.64. The number of hydrogen-bond donors (Lipinski definition) is 2. The Morgan fingerprint density at radius 1 is 1.42 bits per heavy atom. The predicted octanol–water partition coefficient (Wildman–Crippen LogP) is 3.29. The topological polar surface area (TPSA) is 58.4 Å². The third-order valence-electron chi connectivity index (χ3n) is 3.88. The number of nitrogens with one attached hydrogen (secondary N) is 1. The average Bonchev–Trinajstić information content (AvgIpc) is 2.56. The highest BCUT2D eigenvalue weighted by Gasteiger charge is 2.25. The molecule has 2 rings (SSSR count). The van der Waals surface area contributed by atoms with Crippen molar-refractivity contribution in [2.45, 2.75) is 17.7 Å². The predicted molar refractivity (Wildman–Crippen MR) is 106 cm³/mol. The number of benzene rings is 1. The summed E-state index contributed by atoms with van der Waals surface area (Å²) < 4.78 is 0. The molecule has 24 heavy (non-hydrogen) atoms. The molecule has 4 nitrogen and oxygen atoms in total. The van der Waals surface area contributed by atoms with Crippen LogP contribution in [0.3, 0.4) is 0 Å². The van der Waals surface area contributed by atoms with Gasteiger partial charge in [0.05, 0.1) is 10.9 Å². The van der Waals surface area contributed by atoms with Crippen molar-refractivity contribution in [3.63, 3.8) is 0 Å². The third-order valence-corrected chi connectivity index (χ3v) is 5.59. The molecule has 0 bridgehead atoms. The Kier molecular flexibility index (Phi) is 10.4. The van der Waals surface area contributed by atoms with Gasteiger partial charge in [-0.3, -0.25) is 4.79 Å². The molecule has 3 N–H and O–H groups in total. The minimum absolute atomic E-state index is 0. The number of nitrogens with zero attached hydrogens (tertiary/aromatic N) is 1. The molecule has 1 saturated heterocycles. The van der Waals surface area contributed by atoms with Gasteiger partial charge >= 0.3 is 0 Å². The Morgan fingerprint density at radius 3 is 2.96 bits per heavy atom. The molecular formula is C16H24Cl3N3OS. The van der Waals surface area contributed by atoms with Gasteiger partial charge < -0.3 is 16.0 Å². The van der Waals surface area contributed by atoms with E-state index in [9.17, 15) is 4.79 Å². The third kappa shape index (κ3) is 6.98. The molecule has 1 amide bonds. The molecule has 1 aromatic carbocycles. The minimum atomic E-state index is 0. The zero-order chi connectivity index (χ0) is 16.7. The standard InChI is InChI=1S/C16H23Cl2N3OS.ClH/c17-13-3-4-14(18)15(10-13)23-9-8-21-7-1-2-12(11-21)16(22)20-6-5-19;/h3-4,10,12H,1-2,5-9,11,19H2,(H,20,22);1H. The summed E-state index contributed by atoms with van der Waals surface area (Å²) in [5.74, 6) is 1.14. The minimum Gasteiger partial charge on any atom is -0.355 e. The first-order chi connectivity index (χ1) is 11.1. The van der Waals surface area contributed by atoms with E-state index in [1.807, 2.05) is 12.1 Å². The van der Waals surface area contributed by atoms with Crippen molar-refractivity contribution >= 4 is 53.3 Å². The maximum Gasteiger partial charge on any atom is 0.224 e. The molecule has 0 radical (unpaired) electrons. The lowest BCUT2D eigenvalue weighted by molar-refractivity contribution is -0.126. The molecular weight excluding hydrogens is 389 g/mol. The molecule has 1 heterocycles. The van der Waals surface area contributed by atoms with Crippen LogP contribution in [0.5, 0.6) is 0 Å². The Labute approximate surface area is 164 Å². The zero-order valence-corrected chi connectivity index (χ0v) is 16.6. The number of halogens is 3. The Balaban J connectivity index is 0.00000288. The SMILES string of the molecule is Cl.NCCNC(=O)C1CCCN(CCSc2cc(Cl)ccc2Cl)C1. The number of amides is 1. The maximum atomic E-state index is 12.0. The highest BCUT2D eigenvalue weighted by molar-refractivity contribution is 7.99. The molecule has 0 saturated carbocycles. The number of carbonyl (C=O) groups excluding carboxylic acids is 1. The monoisotopic (exact) mass is 411 g/mol. The molecule has 0 spiro atoms. The van der Waals surface area contributed by atoms with Gasteiger partial charge in [0.25, 0.3) is 0 Å². The van der Waals surface area contributed by atoms with Crippen LogP contribution in [-0.4, -0.2) is 49.3 Å². The van der Waals surface area contributed by atoms with Gasteiger partial charge in [-0.15, -0.1) is 24.2 Å². The maximum absolute atomic E-state index is 12.0. The van der Waals surface area contributed by atoms with E-state index in [0.29, 0.717) is 18.1 Å². The van der Waals surface area contributed by atoms with Crippen LogP contribution in [0.15, 0.2) is 23.1 Å². The van der Waals surface area contributed by atoms with E-state index in [2.05, 4.69) is 10.2 Å². The summed E-state index contributed by atoms with van der Waals surface area (Å²) in [6.45, 7) is 3.84. The summed E-state index contributed by atoms with van der Waals surface area (Å²) in [7, 11) is 0. The summed E-state index contributed by atoms with van der Waals surface area (Å²) in [4.78, 5) is 15.4. The van der Waals surface area contributed by atoms with Crippen molar-refractivity contribution in [2.75, 3.05) is 38.5 Å². The molecule has 1 unspecified atom stereocenters. The van der Waals surface area contributed by atoms with Gasteiger partial charge in [-0.1, -0.05) is 23.2 Å². The highest BCUT2D eigenvalue weighted by atomic mass is 35.5. The first-order valence-corrected chi connectivity index (χ1v) is 9.62. The summed E-state index contributed by atoms with van der Waals surface area (Å²) >= 11 is 13.9. The van der Waals surface area contributed by atoms with Crippen LogP contribution in [0, 0.1) is 5.92 Å². The second-order valence-corrected chi connectivity index (χ2v) is 7.62. The molecule has 1 aliphatic rings. The normalized spacial score (nSPS) is 18.0. The summed E-state index contributed by atoms with van der Waals surface area (Å²) in [5.41, 5.74) is 5.43. The summed E-state index contributed by atoms with van der Waals surface area (Å²) in [5, 5.41) is 4.32. The smallest absolute Gasteiger partial charge is 0.224 e. The largest absolute Gasteiger partial charge is 0.355 e. The number of thioether (sulfide) groups is 1. The molecule has 0 aromatic heterocycles. The average molecular weight is 413 g/mol. The second kappa shape index (κ2) is 11.4. The van der Waals surface area contributed by atoms with E-state index < -0.39 is 0 Å². The van der Waals surface area contributed by atoms with E-state index >= 15 is 0 Å². The number of piperidine rings is 1. The lowest BCUT2D eigenvalue weighted by Gasteiger charge is -2.31. The molecule has 1 fully saturated rings. The van der Waals surface area contributed by atoms with Gasteiger partial charge in [0.1, 0.15) is 0 Å². The van der Waals surface area contributed by atoms with Crippen molar-refractivity contribution in [3.8, 4) is 0 Å². The quantitative estimate of drug-likeness (QED) is 0.675. The Bertz CT molecular complexity index is 533. The van der Waals surface area contributed by atoms with Gasteiger partial charge in [0, 0.05) is 41.8 Å². The lowest BCUT2D eigenvalue weighted by Crippen LogP contribution is -2.44. The first-order valence-electron chi connectivity index (χ1n) is 7.88. The molecule has 136 valence electrons. The van der Waals surface area contributed by atoms with Gasteiger partial charge in [-0.2, -0.15) is 0 Å². The number of nitrogens with two attached hydrogens (primary N) is 1. The fourth-order valence-electron chi connectivity index (χ4n) is 2.68. The van der Waals surface area contributed by atoms with Crippen LogP contribution in [0.1, 0.15) is 12.8 Å². The van der Waals surface area contributed by atoms with Gasteiger partial charge in [0.15, 0.2) is 0 Å². The number of carbonyl (C=O) groups is 1. The zero-order valence-electron chi connectivity index (χ0n) is 13.5. The first kappa shape index (κ1) is 21.9. The summed E-state index contributed by atoms with van der Waals surface area (Å²) in [6.07, 6.45) is 2.02. The highest BCUT2D eigenvalue weighted by Crippen LogP contribution is 2.30. The molecule has 0 aliphatic carbocycles. The van der Waals surface area contributed by atoms with Crippen LogP contribution in [0.2, 0.25) is 10.0 Å². The fraction of sp³-hybridized carbons (Fsp3) is 0.562. The van der Waals surface area contributed by atoms with Crippen molar-refractivity contribution in [3.05, 3.63) is 28.2 Å². The van der Waals surface area contributed by atoms with E-state index in [0.717, 1.165) is 48.1 Å². The van der Waals surface area contributed by atoms with Crippen LogP contribution >= 0.6 is 47.4 Å². The number of likely N-dealkylation sites (tertiary alicyclic amines) is 1.